The number of carbonyl (C=O) groups is 1. The lowest BCUT2D eigenvalue weighted by Crippen LogP contribution is -2.51. The minimum Gasteiger partial charge on any atom is -0.340 e. The summed E-state index contributed by atoms with van der Waals surface area (Å²) in [6, 6.07) is 0.0760. The summed E-state index contributed by atoms with van der Waals surface area (Å²) in [5, 5.41) is 3.19. The van der Waals surface area contributed by atoms with E-state index in [1.165, 1.54) is 0 Å². The topological polar surface area (TPSA) is 58.4 Å². The van der Waals surface area contributed by atoms with Gasteiger partial charge in [-0.25, -0.2) is 0 Å². The molecule has 2 atom stereocenters. The predicted octanol–water partition coefficient (Wildman–Crippen LogP) is -0.0342. The van der Waals surface area contributed by atoms with Gasteiger partial charge in [0.05, 0.1) is 6.04 Å². The van der Waals surface area contributed by atoms with Gasteiger partial charge in [0.1, 0.15) is 0 Å². The summed E-state index contributed by atoms with van der Waals surface area (Å²) in [7, 11) is 1.94. The van der Waals surface area contributed by atoms with E-state index in [9.17, 15) is 4.79 Å². The van der Waals surface area contributed by atoms with Crippen LogP contribution >= 0.6 is 12.4 Å². The second-order valence-corrected chi connectivity index (χ2v) is 3.70. The van der Waals surface area contributed by atoms with Crippen LogP contribution in [0.4, 0.5) is 0 Å². The van der Waals surface area contributed by atoms with E-state index in [4.69, 9.17) is 5.73 Å². The third-order valence-electron chi connectivity index (χ3n) is 2.53. The highest BCUT2D eigenvalue weighted by molar-refractivity contribution is 5.85. The molecule has 1 saturated heterocycles. The first-order valence-corrected chi connectivity index (χ1v) is 4.86. The molecule has 14 heavy (non-hydrogen) atoms. The molecule has 1 amide bonds. The van der Waals surface area contributed by atoms with Crippen LogP contribution in [-0.2, 0) is 4.79 Å². The normalized spacial score (nSPS) is 23.9. The lowest BCUT2D eigenvalue weighted by Gasteiger charge is -2.33. The number of hydrogen-bond acceptors (Lipinski definition) is 3. The summed E-state index contributed by atoms with van der Waals surface area (Å²) < 4.78 is 0. The lowest BCUT2D eigenvalue weighted by atomic mass is 10.1. The second-order valence-electron chi connectivity index (χ2n) is 3.70. The number of likely N-dealkylation sites (tertiary alicyclic amines) is 1. The maximum absolute atomic E-state index is 11.5. The van der Waals surface area contributed by atoms with Gasteiger partial charge in [-0.05, 0) is 26.8 Å². The molecule has 0 bridgehead atoms. The molecule has 3 N–H and O–H groups in total. The lowest BCUT2D eigenvalue weighted by molar-refractivity contribution is -0.133. The van der Waals surface area contributed by atoms with Gasteiger partial charge < -0.3 is 16.0 Å². The van der Waals surface area contributed by atoms with E-state index in [-0.39, 0.29) is 24.4 Å². The van der Waals surface area contributed by atoms with Gasteiger partial charge in [0.25, 0.3) is 0 Å². The SMILES string of the molecule is CNC1CCCN(C(=O)C(C)N)C1.Cl. The fraction of sp³-hybridized carbons (Fsp3) is 0.889. The predicted molar refractivity (Wildman–Crippen MR) is 59.6 cm³/mol. The van der Waals surface area contributed by atoms with Gasteiger partial charge in [-0.15, -0.1) is 12.4 Å². The highest BCUT2D eigenvalue weighted by Crippen LogP contribution is 2.10. The number of carbonyl (C=O) groups excluding carboxylic acids is 1. The van der Waals surface area contributed by atoms with E-state index in [1.807, 2.05) is 11.9 Å². The first kappa shape index (κ1) is 13.7. The third-order valence-corrected chi connectivity index (χ3v) is 2.53. The van der Waals surface area contributed by atoms with Gasteiger partial charge in [0, 0.05) is 19.1 Å². The van der Waals surface area contributed by atoms with Gasteiger partial charge in [-0.3, -0.25) is 4.79 Å². The number of likely N-dealkylation sites (N-methyl/N-ethyl adjacent to an activating group) is 1. The molecule has 4 nitrogen and oxygen atoms in total. The molecule has 0 aliphatic carbocycles. The second kappa shape index (κ2) is 6.22. The molecule has 1 fully saturated rings. The molecular formula is C9H20ClN3O. The summed E-state index contributed by atoms with van der Waals surface area (Å²) >= 11 is 0. The Kier molecular flexibility index (Phi) is 6.08. The molecule has 2 unspecified atom stereocenters. The quantitative estimate of drug-likeness (QED) is 0.689. The fourth-order valence-electron chi connectivity index (χ4n) is 1.70. The average Bonchev–Trinajstić information content (AvgIpc) is 2.16. The van der Waals surface area contributed by atoms with Gasteiger partial charge in [0.2, 0.25) is 5.91 Å². The first-order chi connectivity index (χ1) is 6.15. The molecule has 1 aliphatic rings. The Labute approximate surface area is 91.6 Å². The van der Waals surface area contributed by atoms with E-state index in [2.05, 4.69) is 5.32 Å². The molecule has 0 aromatic rings. The standard InChI is InChI=1S/C9H19N3O.ClH/c1-7(10)9(13)12-5-3-4-8(6-12)11-2;/h7-8,11H,3-6,10H2,1-2H3;1H. The summed E-state index contributed by atoms with van der Waals surface area (Å²) in [6.07, 6.45) is 2.23. The number of piperidine rings is 1. The van der Waals surface area contributed by atoms with E-state index in [1.54, 1.807) is 6.92 Å². The minimum absolute atomic E-state index is 0. The van der Waals surface area contributed by atoms with Crippen molar-refractivity contribution in [2.45, 2.75) is 31.8 Å². The number of amides is 1. The molecular weight excluding hydrogens is 202 g/mol. The largest absolute Gasteiger partial charge is 0.340 e. The van der Waals surface area contributed by atoms with Crippen LogP contribution in [0.3, 0.4) is 0 Å². The Bertz CT molecular complexity index is 187. The van der Waals surface area contributed by atoms with Gasteiger partial charge >= 0.3 is 0 Å². The zero-order valence-electron chi connectivity index (χ0n) is 8.82. The molecule has 0 saturated carbocycles. The molecule has 0 radical (unpaired) electrons. The number of halogens is 1. The Morgan fingerprint density at radius 1 is 1.64 bits per heavy atom. The number of nitrogens with two attached hydrogens (primary N) is 1. The maximum Gasteiger partial charge on any atom is 0.239 e. The minimum atomic E-state index is -0.365. The van der Waals surface area contributed by atoms with E-state index < -0.39 is 0 Å². The highest BCUT2D eigenvalue weighted by atomic mass is 35.5. The fourth-order valence-corrected chi connectivity index (χ4v) is 1.70. The number of nitrogens with one attached hydrogen (secondary N) is 1. The van der Waals surface area contributed by atoms with E-state index in [0.717, 1.165) is 25.9 Å². The average molecular weight is 222 g/mol. The van der Waals surface area contributed by atoms with Crippen molar-refractivity contribution in [2.75, 3.05) is 20.1 Å². The molecule has 0 spiro atoms. The van der Waals surface area contributed by atoms with Crippen molar-refractivity contribution in [2.24, 2.45) is 5.73 Å². The zero-order chi connectivity index (χ0) is 9.84. The number of hydrogen-bond donors (Lipinski definition) is 2. The van der Waals surface area contributed by atoms with Gasteiger partial charge in [-0.2, -0.15) is 0 Å². The van der Waals surface area contributed by atoms with Crippen LogP contribution in [0, 0.1) is 0 Å². The van der Waals surface area contributed by atoms with Crippen LogP contribution in [0.1, 0.15) is 19.8 Å². The summed E-state index contributed by atoms with van der Waals surface area (Å²) in [5.74, 6) is 0.0694. The Morgan fingerprint density at radius 2 is 2.29 bits per heavy atom. The molecule has 0 aromatic carbocycles. The number of rotatable bonds is 2. The van der Waals surface area contributed by atoms with Crippen LogP contribution in [0.15, 0.2) is 0 Å². The molecule has 1 aliphatic heterocycles. The van der Waals surface area contributed by atoms with Crippen molar-refractivity contribution in [1.82, 2.24) is 10.2 Å². The van der Waals surface area contributed by atoms with Crippen molar-refractivity contribution >= 4 is 18.3 Å². The number of nitrogens with zero attached hydrogens (tertiary/aromatic N) is 1. The molecule has 84 valence electrons. The van der Waals surface area contributed by atoms with Crippen LogP contribution in [0.25, 0.3) is 0 Å². The highest BCUT2D eigenvalue weighted by Gasteiger charge is 2.23. The smallest absolute Gasteiger partial charge is 0.239 e. The Balaban J connectivity index is 0.00000169. The van der Waals surface area contributed by atoms with Crippen LogP contribution in [0.2, 0.25) is 0 Å². The van der Waals surface area contributed by atoms with Crippen molar-refractivity contribution in [3.8, 4) is 0 Å². The van der Waals surface area contributed by atoms with Crippen LogP contribution in [-0.4, -0.2) is 43.0 Å². The van der Waals surface area contributed by atoms with Crippen molar-refractivity contribution in [3.63, 3.8) is 0 Å². The Hall–Kier alpha value is -0.320. The zero-order valence-corrected chi connectivity index (χ0v) is 9.64. The maximum atomic E-state index is 11.5. The summed E-state index contributed by atoms with van der Waals surface area (Å²) in [5.41, 5.74) is 5.54. The monoisotopic (exact) mass is 221 g/mol. The molecule has 1 rings (SSSR count). The summed E-state index contributed by atoms with van der Waals surface area (Å²) in [6.45, 7) is 3.40. The van der Waals surface area contributed by atoms with Crippen molar-refractivity contribution in [1.29, 1.82) is 0 Å². The Morgan fingerprint density at radius 3 is 2.79 bits per heavy atom. The third kappa shape index (κ3) is 3.44. The van der Waals surface area contributed by atoms with E-state index in [0.29, 0.717) is 6.04 Å². The van der Waals surface area contributed by atoms with Crippen LogP contribution < -0.4 is 11.1 Å². The van der Waals surface area contributed by atoms with Gasteiger partial charge in [0.15, 0.2) is 0 Å². The molecule has 0 aromatic heterocycles. The van der Waals surface area contributed by atoms with Crippen molar-refractivity contribution in [3.05, 3.63) is 0 Å². The summed E-state index contributed by atoms with van der Waals surface area (Å²) in [4.78, 5) is 13.4. The van der Waals surface area contributed by atoms with Crippen molar-refractivity contribution < 1.29 is 4.79 Å². The van der Waals surface area contributed by atoms with Crippen LogP contribution in [0.5, 0.6) is 0 Å². The van der Waals surface area contributed by atoms with Gasteiger partial charge in [-0.1, -0.05) is 0 Å². The molecule has 1 heterocycles. The molecule has 5 heteroatoms. The first-order valence-electron chi connectivity index (χ1n) is 4.86. The van der Waals surface area contributed by atoms with E-state index >= 15 is 0 Å².